The van der Waals surface area contributed by atoms with Crippen LogP contribution in [0.2, 0.25) is 0 Å². The monoisotopic (exact) mass is 446 g/mol. The van der Waals surface area contributed by atoms with Gasteiger partial charge in [0.2, 0.25) is 0 Å². The molecule has 4 heterocycles. The van der Waals surface area contributed by atoms with Gasteiger partial charge in [0.05, 0.1) is 22.7 Å². The van der Waals surface area contributed by atoms with Gasteiger partial charge in [-0.05, 0) is 43.9 Å². The third kappa shape index (κ3) is 3.88. The van der Waals surface area contributed by atoms with E-state index in [-0.39, 0.29) is 11.9 Å². The van der Waals surface area contributed by atoms with Crippen LogP contribution in [0.25, 0.3) is 16.1 Å². The molecule has 164 valence electrons. The Balaban J connectivity index is 1.44. The van der Waals surface area contributed by atoms with Gasteiger partial charge < -0.3 is 14.0 Å². The molecule has 7 heteroatoms. The highest BCUT2D eigenvalue weighted by Crippen LogP contribution is 2.32. The lowest BCUT2D eigenvalue weighted by Crippen LogP contribution is -2.45. The Morgan fingerprint density at radius 1 is 1.16 bits per heavy atom. The van der Waals surface area contributed by atoms with Crippen molar-refractivity contribution < 1.29 is 9.53 Å². The molecule has 4 aromatic rings. The number of carbonyl (C=O) groups is 1. The molecule has 1 saturated heterocycles. The van der Waals surface area contributed by atoms with Crippen LogP contribution in [0.5, 0.6) is 5.75 Å². The van der Waals surface area contributed by atoms with E-state index in [9.17, 15) is 4.79 Å². The highest BCUT2D eigenvalue weighted by atomic mass is 32.1. The number of carbonyl (C=O) groups excluding carboxylic acids is 1. The van der Waals surface area contributed by atoms with E-state index >= 15 is 0 Å². The Bertz CT molecular complexity index is 1250. The number of piperidine rings is 1. The van der Waals surface area contributed by atoms with Crippen LogP contribution in [-0.2, 0) is 6.42 Å². The van der Waals surface area contributed by atoms with Gasteiger partial charge in [-0.15, -0.1) is 11.3 Å². The summed E-state index contributed by atoms with van der Waals surface area (Å²) in [7, 11) is 1.66. The van der Waals surface area contributed by atoms with Crippen LogP contribution >= 0.6 is 11.3 Å². The number of fused-ring (bicyclic) bond motifs is 1. The molecular formula is C25H26N4O2S. The summed E-state index contributed by atoms with van der Waals surface area (Å²) >= 11 is 1.58. The minimum Gasteiger partial charge on any atom is -0.493 e. The minimum absolute atomic E-state index is 0.0271. The second-order valence-corrected chi connectivity index (χ2v) is 9.37. The first-order valence-corrected chi connectivity index (χ1v) is 11.8. The summed E-state index contributed by atoms with van der Waals surface area (Å²) in [6.07, 6.45) is 7.85. The van der Waals surface area contributed by atoms with Crippen LogP contribution < -0.4 is 4.74 Å². The number of likely N-dealkylation sites (tertiary alicyclic amines) is 1. The van der Waals surface area contributed by atoms with Gasteiger partial charge in [-0.25, -0.2) is 9.97 Å². The van der Waals surface area contributed by atoms with Crippen molar-refractivity contribution in [1.82, 2.24) is 19.3 Å². The molecule has 0 bridgehead atoms. The molecule has 0 spiro atoms. The molecule has 0 unspecified atom stereocenters. The average molecular weight is 447 g/mol. The number of imidazole rings is 1. The van der Waals surface area contributed by atoms with E-state index in [0.717, 1.165) is 64.8 Å². The lowest BCUT2D eigenvalue weighted by Gasteiger charge is -2.35. The number of thiazole rings is 1. The van der Waals surface area contributed by atoms with Gasteiger partial charge in [0.15, 0.2) is 11.4 Å². The van der Waals surface area contributed by atoms with E-state index < -0.39 is 0 Å². The van der Waals surface area contributed by atoms with Crippen LogP contribution in [0.4, 0.5) is 0 Å². The lowest BCUT2D eigenvalue weighted by atomic mass is 9.97. The van der Waals surface area contributed by atoms with Gasteiger partial charge in [-0.1, -0.05) is 30.3 Å². The summed E-state index contributed by atoms with van der Waals surface area (Å²) in [6.45, 7) is 2.72. The molecule has 0 radical (unpaired) electrons. The Labute approximate surface area is 191 Å². The van der Waals surface area contributed by atoms with Crippen LogP contribution in [-0.4, -0.2) is 44.9 Å². The molecule has 32 heavy (non-hydrogen) atoms. The summed E-state index contributed by atoms with van der Waals surface area (Å²) in [4.78, 5) is 26.1. The molecule has 3 aromatic heterocycles. The zero-order valence-corrected chi connectivity index (χ0v) is 19.1. The maximum absolute atomic E-state index is 13.7. The van der Waals surface area contributed by atoms with Gasteiger partial charge in [-0.3, -0.25) is 4.79 Å². The van der Waals surface area contributed by atoms with Gasteiger partial charge >= 0.3 is 0 Å². The molecule has 1 aliphatic rings. The van der Waals surface area contributed by atoms with Crippen LogP contribution in [0.15, 0.2) is 54.9 Å². The van der Waals surface area contributed by atoms with Crippen molar-refractivity contribution in [3.63, 3.8) is 0 Å². The standard InChI is InChI=1S/C25H26N4O2S/c1-17-26-22(23(32-17)18-9-4-3-5-10-18)25(30)29-14-7-6-11-20(29)15-19-16-28-13-8-12-21(31-2)24(28)27-19/h3-5,8-10,12-13,16,20H,6-7,11,14-15H2,1-2H3/t20-/m0/s1. The van der Waals surface area contributed by atoms with E-state index in [1.807, 2.05) is 71.1 Å². The number of amides is 1. The summed E-state index contributed by atoms with van der Waals surface area (Å²) in [5.74, 6) is 0.778. The largest absolute Gasteiger partial charge is 0.493 e. The predicted octanol–water partition coefficient (Wildman–Crippen LogP) is 5.01. The third-order valence-electron chi connectivity index (χ3n) is 6.02. The molecule has 6 nitrogen and oxygen atoms in total. The third-order valence-corrected chi connectivity index (χ3v) is 7.04. The van der Waals surface area contributed by atoms with Crippen molar-refractivity contribution in [2.45, 2.75) is 38.6 Å². The molecule has 0 aliphatic carbocycles. The fourth-order valence-corrected chi connectivity index (χ4v) is 5.43. The molecule has 5 rings (SSSR count). The fourth-order valence-electron chi connectivity index (χ4n) is 4.51. The normalized spacial score (nSPS) is 16.4. The SMILES string of the molecule is COc1cccn2cc(C[C@@H]3CCCCN3C(=O)c3nc(C)sc3-c3ccccc3)nc12. The molecule has 1 atom stereocenters. The number of pyridine rings is 1. The fraction of sp³-hybridized carbons (Fsp3) is 0.320. The summed E-state index contributed by atoms with van der Waals surface area (Å²) < 4.78 is 7.44. The van der Waals surface area contributed by atoms with Gasteiger partial charge in [0.1, 0.15) is 5.69 Å². The minimum atomic E-state index is 0.0271. The Hall–Kier alpha value is -3.19. The maximum atomic E-state index is 13.7. The number of aryl methyl sites for hydroxylation is 1. The van der Waals surface area contributed by atoms with Crippen molar-refractivity contribution >= 4 is 22.9 Å². The van der Waals surface area contributed by atoms with Gasteiger partial charge in [0, 0.05) is 31.4 Å². The average Bonchev–Trinajstić information content (AvgIpc) is 3.42. The van der Waals surface area contributed by atoms with Crippen LogP contribution in [0, 0.1) is 6.92 Å². The number of methoxy groups -OCH3 is 1. The van der Waals surface area contributed by atoms with Crippen molar-refractivity contribution in [3.05, 3.63) is 71.3 Å². The quantitative estimate of drug-likeness (QED) is 0.432. The summed E-state index contributed by atoms with van der Waals surface area (Å²) in [6, 6.07) is 14.0. The highest BCUT2D eigenvalue weighted by molar-refractivity contribution is 7.15. The molecular weight excluding hydrogens is 420 g/mol. The van der Waals surface area contributed by atoms with Crippen molar-refractivity contribution in [3.8, 4) is 16.2 Å². The molecule has 0 N–H and O–H groups in total. The van der Waals surface area contributed by atoms with E-state index in [0.29, 0.717) is 5.69 Å². The maximum Gasteiger partial charge on any atom is 0.274 e. The Kier molecular flexibility index (Phi) is 5.66. The van der Waals surface area contributed by atoms with Crippen molar-refractivity contribution in [2.75, 3.05) is 13.7 Å². The van der Waals surface area contributed by atoms with Crippen molar-refractivity contribution in [1.29, 1.82) is 0 Å². The topological polar surface area (TPSA) is 59.7 Å². The second-order valence-electron chi connectivity index (χ2n) is 8.17. The second kappa shape index (κ2) is 8.74. The smallest absolute Gasteiger partial charge is 0.274 e. The first-order valence-electron chi connectivity index (χ1n) is 11.0. The number of benzene rings is 1. The predicted molar refractivity (Wildman–Crippen MR) is 126 cm³/mol. The summed E-state index contributed by atoms with van der Waals surface area (Å²) in [5.41, 5.74) is 3.39. The number of nitrogens with zero attached hydrogens (tertiary/aromatic N) is 4. The number of rotatable bonds is 5. The van der Waals surface area contributed by atoms with Gasteiger partial charge in [-0.2, -0.15) is 0 Å². The lowest BCUT2D eigenvalue weighted by molar-refractivity contribution is 0.0608. The Morgan fingerprint density at radius 2 is 2.00 bits per heavy atom. The number of hydrogen-bond acceptors (Lipinski definition) is 5. The van der Waals surface area contributed by atoms with E-state index in [1.165, 1.54) is 0 Å². The zero-order valence-electron chi connectivity index (χ0n) is 18.3. The van der Waals surface area contributed by atoms with Crippen LogP contribution in [0.3, 0.4) is 0 Å². The molecule has 1 fully saturated rings. The highest BCUT2D eigenvalue weighted by Gasteiger charge is 2.31. The van der Waals surface area contributed by atoms with Crippen LogP contribution in [0.1, 0.15) is 40.5 Å². The molecule has 1 aromatic carbocycles. The first kappa shape index (κ1) is 20.7. The number of aromatic nitrogens is 3. The van der Waals surface area contributed by atoms with E-state index in [4.69, 9.17) is 9.72 Å². The number of hydrogen-bond donors (Lipinski definition) is 0. The van der Waals surface area contributed by atoms with E-state index in [2.05, 4.69) is 4.98 Å². The first-order chi connectivity index (χ1) is 15.6. The zero-order chi connectivity index (χ0) is 22.1. The number of ether oxygens (including phenoxy) is 1. The van der Waals surface area contributed by atoms with E-state index in [1.54, 1.807) is 18.4 Å². The van der Waals surface area contributed by atoms with Crippen molar-refractivity contribution in [2.24, 2.45) is 0 Å². The molecule has 1 aliphatic heterocycles. The summed E-state index contributed by atoms with van der Waals surface area (Å²) in [5, 5.41) is 0.910. The Morgan fingerprint density at radius 3 is 2.81 bits per heavy atom. The molecule has 0 saturated carbocycles. The molecule has 1 amide bonds. The van der Waals surface area contributed by atoms with Gasteiger partial charge in [0.25, 0.3) is 5.91 Å².